The second kappa shape index (κ2) is 5.10. The Morgan fingerprint density at radius 3 is 2.65 bits per heavy atom. The van der Waals surface area contributed by atoms with Gasteiger partial charge in [-0.05, 0) is 17.7 Å². The zero-order chi connectivity index (χ0) is 12.3. The van der Waals surface area contributed by atoms with E-state index in [2.05, 4.69) is 9.97 Å². The molecule has 0 atom stereocenters. The number of hydrogen-bond donors (Lipinski definition) is 0. The van der Waals surface area contributed by atoms with Crippen LogP contribution in [0.25, 0.3) is 0 Å². The number of hydrogen-bond acceptors (Lipinski definition) is 3. The van der Waals surface area contributed by atoms with E-state index in [4.69, 9.17) is 11.6 Å². The zero-order valence-corrected chi connectivity index (χ0v) is 10.0. The summed E-state index contributed by atoms with van der Waals surface area (Å²) in [5.74, 6) is -0.140. The Kier molecular flexibility index (Phi) is 3.54. The van der Waals surface area contributed by atoms with E-state index in [1.165, 1.54) is 6.33 Å². The molecule has 0 aliphatic carbocycles. The summed E-state index contributed by atoms with van der Waals surface area (Å²) >= 11 is 5.80. The Hall–Kier alpha value is -1.68. The van der Waals surface area contributed by atoms with Crippen LogP contribution in [0.1, 0.15) is 5.56 Å². The standard InChI is InChI=1S/C12H11ClFN3/c1-17(12-11(14)6-15-8-16-12)7-9-2-4-10(13)5-3-9/h2-6,8H,7H2,1H3. The quantitative estimate of drug-likeness (QED) is 0.840. The van der Waals surface area contributed by atoms with Crippen molar-refractivity contribution in [3.8, 4) is 0 Å². The molecule has 1 aromatic carbocycles. The van der Waals surface area contributed by atoms with Gasteiger partial charge in [-0.3, -0.25) is 0 Å². The summed E-state index contributed by atoms with van der Waals surface area (Å²) in [5.41, 5.74) is 1.04. The monoisotopic (exact) mass is 251 g/mol. The van der Waals surface area contributed by atoms with Crippen LogP contribution in [-0.4, -0.2) is 17.0 Å². The SMILES string of the molecule is CN(Cc1ccc(Cl)cc1)c1ncncc1F. The van der Waals surface area contributed by atoms with Crippen molar-refractivity contribution in [1.29, 1.82) is 0 Å². The van der Waals surface area contributed by atoms with Crippen molar-refractivity contribution < 1.29 is 4.39 Å². The number of halogens is 2. The van der Waals surface area contributed by atoms with E-state index in [0.717, 1.165) is 11.8 Å². The van der Waals surface area contributed by atoms with Gasteiger partial charge in [0.05, 0.1) is 6.20 Å². The fourth-order valence-electron chi connectivity index (χ4n) is 1.53. The second-order valence-corrected chi connectivity index (χ2v) is 4.11. The largest absolute Gasteiger partial charge is 0.353 e. The van der Waals surface area contributed by atoms with E-state index >= 15 is 0 Å². The Balaban J connectivity index is 2.14. The highest BCUT2D eigenvalue weighted by Gasteiger charge is 2.09. The summed E-state index contributed by atoms with van der Waals surface area (Å²) in [4.78, 5) is 9.24. The highest BCUT2D eigenvalue weighted by atomic mass is 35.5. The maximum atomic E-state index is 13.4. The molecule has 1 aromatic heterocycles. The zero-order valence-electron chi connectivity index (χ0n) is 9.27. The molecule has 0 saturated carbocycles. The predicted octanol–water partition coefficient (Wildman–Crippen LogP) is 2.91. The molecule has 0 radical (unpaired) electrons. The smallest absolute Gasteiger partial charge is 0.183 e. The van der Waals surface area contributed by atoms with E-state index in [-0.39, 0.29) is 5.82 Å². The van der Waals surface area contributed by atoms with Crippen LogP contribution < -0.4 is 4.90 Å². The average molecular weight is 252 g/mol. The molecule has 2 rings (SSSR count). The lowest BCUT2D eigenvalue weighted by molar-refractivity contribution is 0.607. The van der Waals surface area contributed by atoms with Crippen LogP contribution in [0.15, 0.2) is 36.8 Å². The van der Waals surface area contributed by atoms with Crippen molar-refractivity contribution in [2.45, 2.75) is 6.54 Å². The van der Waals surface area contributed by atoms with Crippen LogP contribution in [0, 0.1) is 5.82 Å². The van der Waals surface area contributed by atoms with Gasteiger partial charge in [0.1, 0.15) is 6.33 Å². The van der Waals surface area contributed by atoms with Crippen molar-refractivity contribution in [2.75, 3.05) is 11.9 Å². The van der Waals surface area contributed by atoms with Crippen LogP contribution >= 0.6 is 11.6 Å². The van der Waals surface area contributed by atoms with Gasteiger partial charge in [0, 0.05) is 18.6 Å². The fourth-order valence-corrected chi connectivity index (χ4v) is 1.65. The molecule has 0 N–H and O–H groups in total. The van der Waals surface area contributed by atoms with Crippen LogP contribution in [-0.2, 0) is 6.54 Å². The summed E-state index contributed by atoms with van der Waals surface area (Å²) in [6, 6.07) is 7.41. The molecule has 17 heavy (non-hydrogen) atoms. The van der Waals surface area contributed by atoms with Gasteiger partial charge in [0.25, 0.3) is 0 Å². The molecule has 88 valence electrons. The van der Waals surface area contributed by atoms with E-state index in [1.54, 1.807) is 24.1 Å². The first-order chi connectivity index (χ1) is 8.16. The molecule has 2 aromatic rings. The molecular formula is C12H11ClFN3. The first kappa shape index (κ1) is 11.8. The first-order valence-corrected chi connectivity index (χ1v) is 5.45. The van der Waals surface area contributed by atoms with Gasteiger partial charge in [-0.2, -0.15) is 0 Å². The Morgan fingerprint density at radius 1 is 1.29 bits per heavy atom. The minimum absolute atomic E-state index is 0.287. The lowest BCUT2D eigenvalue weighted by Crippen LogP contribution is -2.19. The molecule has 5 heteroatoms. The van der Waals surface area contributed by atoms with Crippen molar-refractivity contribution in [3.63, 3.8) is 0 Å². The second-order valence-electron chi connectivity index (χ2n) is 3.68. The molecule has 1 heterocycles. The Labute approximate surface area is 104 Å². The lowest BCUT2D eigenvalue weighted by Gasteiger charge is -2.18. The van der Waals surface area contributed by atoms with Crippen molar-refractivity contribution in [1.82, 2.24) is 9.97 Å². The van der Waals surface area contributed by atoms with Gasteiger partial charge in [0.15, 0.2) is 11.6 Å². The van der Waals surface area contributed by atoms with Crippen LogP contribution in [0.3, 0.4) is 0 Å². The first-order valence-electron chi connectivity index (χ1n) is 5.08. The summed E-state index contributed by atoms with van der Waals surface area (Å²) in [5, 5.41) is 0.685. The van der Waals surface area contributed by atoms with Crippen LogP contribution in [0.5, 0.6) is 0 Å². The third-order valence-corrected chi connectivity index (χ3v) is 2.59. The minimum atomic E-state index is -0.427. The summed E-state index contributed by atoms with van der Waals surface area (Å²) in [6.07, 6.45) is 2.48. The normalized spacial score (nSPS) is 10.3. The Morgan fingerprint density at radius 2 is 2.00 bits per heavy atom. The minimum Gasteiger partial charge on any atom is -0.353 e. The summed E-state index contributed by atoms with van der Waals surface area (Å²) in [6.45, 7) is 0.561. The average Bonchev–Trinajstić information content (AvgIpc) is 2.32. The Bertz CT molecular complexity index is 501. The number of benzene rings is 1. The third kappa shape index (κ3) is 2.91. The fraction of sp³-hybridized carbons (Fsp3) is 0.167. The number of nitrogens with zero attached hydrogens (tertiary/aromatic N) is 3. The molecule has 0 saturated heterocycles. The lowest BCUT2D eigenvalue weighted by atomic mass is 10.2. The van der Waals surface area contributed by atoms with Gasteiger partial charge in [-0.25, -0.2) is 14.4 Å². The maximum Gasteiger partial charge on any atom is 0.183 e. The van der Waals surface area contributed by atoms with Crippen molar-refractivity contribution in [2.24, 2.45) is 0 Å². The van der Waals surface area contributed by atoms with Gasteiger partial charge < -0.3 is 4.90 Å². The molecule has 3 nitrogen and oxygen atoms in total. The van der Waals surface area contributed by atoms with E-state index in [0.29, 0.717) is 11.6 Å². The van der Waals surface area contributed by atoms with Crippen molar-refractivity contribution >= 4 is 17.4 Å². The molecule has 0 unspecified atom stereocenters. The van der Waals surface area contributed by atoms with Gasteiger partial charge in [0.2, 0.25) is 0 Å². The van der Waals surface area contributed by atoms with E-state index in [1.807, 2.05) is 12.1 Å². The number of anilines is 1. The number of aromatic nitrogens is 2. The van der Waals surface area contributed by atoms with Gasteiger partial charge in [-0.1, -0.05) is 23.7 Å². The highest BCUT2D eigenvalue weighted by Crippen LogP contribution is 2.16. The highest BCUT2D eigenvalue weighted by molar-refractivity contribution is 6.30. The molecule has 0 amide bonds. The van der Waals surface area contributed by atoms with Gasteiger partial charge >= 0.3 is 0 Å². The topological polar surface area (TPSA) is 29.0 Å². The molecule has 0 aliphatic rings. The maximum absolute atomic E-state index is 13.4. The molecule has 0 fully saturated rings. The summed E-state index contributed by atoms with van der Waals surface area (Å²) < 4.78 is 13.4. The predicted molar refractivity (Wildman–Crippen MR) is 65.5 cm³/mol. The molecular weight excluding hydrogens is 241 g/mol. The van der Waals surface area contributed by atoms with E-state index < -0.39 is 5.82 Å². The van der Waals surface area contributed by atoms with Gasteiger partial charge in [-0.15, -0.1) is 0 Å². The number of rotatable bonds is 3. The third-order valence-electron chi connectivity index (χ3n) is 2.34. The van der Waals surface area contributed by atoms with E-state index in [9.17, 15) is 4.39 Å². The molecule has 0 spiro atoms. The van der Waals surface area contributed by atoms with Crippen molar-refractivity contribution in [3.05, 3.63) is 53.2 Å². The molecule has 0 aliphatic heterocycles. The molecule has 0 bridgehead atoms. The van der Waals surface area contributed by atoms with Crippen LogP contribution in [0.4, 0.5) is 10.2 Å². The van der Waals surface area contributed by atoms with Crippen LogP contribution in [0.2, 0.25) is 5.02 Å². The summed E-state index contributed by atoms with van der Waals surface area (Å²) in [7, 11) is 1.78.